The molecular weight excluding hydrogens is 218 g/mol. The SMILES string of the molecule is C/C(=N\O[Si](C)(C)C)c1cnccc1C#N. The van der Waals surface area contributed by atoms with Crippen LogP contribution in [0, 0.1) is 11.3 Å². The van der Waals surface area contributed by atoms with Gasteiger partial charge in [-0.05, 0) is 32.6 Å². The first-order valence-corrected chi connectivity index (χ1v) is 8.42. The molecule has 0 unspecified atom stereocenters. The Hall–Kier alpha value is -1.67. The fourth-order valence-electron chi connectivity index (χ4n) is 1.03. The maximum absolute atomic E-state index is 8.93. The van der Waals surface area contributed by atoms with E-state index in [1.54, 1.807) is 18.5 Å². The molecule has 0 amide bonds. The standard InChI is InChI=1S/C11H15N3OSi/c1-9(14-15-16(2,3)4)11-8-13-6-5-10(11)7-12/h5-6,8H,1-4H3/b14-9+. The molecule has 0 atom stereocenters. The molecule has 0 spiro atoms. The van der Waals surface area contributed by atoms with Crippen LogP contribution in [0.25, 0.3) is 0 Å². The van der Waals surface area contributed by atoms with Crippen LogP contribution in [0.4, 0.5) is 0 Å². The summed E-state index contributed by atoms with van der Waals surface area (Å²) in [6, 6.07) is 3.78. The van der Waals surface area contributed by atoms with Crippen molar-refractivity contribution in [2.45, 2.75) is 26.6 Å². The van der Waals surface area contributed by atoms with Crippen molar-refractivity contribution in [1.29, 1.82) is 5.26 Å². The lowest BCUT2D eigenvalue weighted by atomic mass is 10.1. The molecule has 4 nitrogen and oxygen atoms in total. The summed E-state index contributed by atoms with van der Waals surface area (Å²) in [6.45, 7) is 7.98. The highest BCUT2D eigenvalue weighted by atomic mass is 28.4. The fourth-order valence-corrected chi connectivity index (χ4v) is 1.45. The van der Waals surface area contributed by atoms with Crippen molar-refractivity contribution in [3.05, 3.63) is 29.6 Å². The molecule has 1 rings (SSSR count). The monoisotopic (exact) mass is 233 g/mol. The van der Waals surface area contributed by atoms with E-state index in [0.717, 1.165) is 5.56 Å². The highest BCUT2D eigenvalue weighted by Crippen LogP contribution is 2.09. The summed E-state index contributed by atoms with van der Waals surface area (Å²) in [5.74, 6) is 0. The molecule has 0 radical (unpaired) electrons. The Morgan fingerprint density at radius 2 is 2.19 bits per heavy atom. The summed E-state index contributed by atoms with van der Waals surface area (Å²) < 4.78 is 5.43. The number of aromatic nitrogens is 1. The van der Waals surface area contributed by atoms with Gasteiger partial charge in [0.1, 0.15) is 0 Å². The van der Waals surface area contributed by atoms with Gasteiger partial charge >= 0.3 is 0 Å². The zero-order chi connectivity index (χ0) is 12.2. The molecule has 0 aromatic carbocycles. The molecule has 0 aliphatic rings. The first-order chi connectivity index (χ1) is 7.44. The van der Waals surface area contributed by atoms with Gasteiger partial charge in [0, 0.05) is 18.0 Å². The largest absolute Gasteiger partial charge is 0.455 e. The summed E-state index contributed by atoms with van der Waals surface area (Å²) >= 11 is 0. The predicted octanol–water partition coefficient (Wildman–Crippen LogP) is 2.53. The number of rotatable bonds is 3. The number of hydrogen-bond acceptors (Lipinski definition) is 4. The van der Waals surface area contributed by atoms with Gasteiger partial charge in [-0.3, -0.25) is 4.98 Å². The second-order valence-electron chi connectivity index (χ2n) is 4.41. The van der Waals surface area contributed by atoms with E-state index in [0.29, 0.717) is 11.3 Å². The molecule has 0 aliphatic heterocycles. The Bertz CT molecular complexity index is 443. The van der Waals surface area contributed by atoms with Crippen LogP contribution in [0.5, 0.6) is 0 Å². The molecule has 0 aliphatic carbocycles. The van der Waals surface area contributed by atoms with Crippen LogP contribution < -0.4 is 0 Å². The molecule has 0 saturated carbocycles. The first-order valence-electron chi connectivity index (χ1n) is 5.01. The Kier molecular flexibility index (Phi) is 3.80. The summed E-state index contributed by atoms with van der Waals surface area (Å²) in [6.07, 6.45) is 3.22. The van der Waals surface area contributed by atoms with Crippen molar-refractivity contribution < 1.29 is 4.53 Å². The summed E-state index contributed by atoms with van der Waals surface area (Å²) in [5, 5.41) is 13.0. The molecule has 0 saturated heterocycles. The van der Waals surface area contributed by atoms with E-state index in [1.165, 1.54) is 0 Å². The molecule has 84 valence electrons. The highest BCUT2D eigenvalue weighted by molar-refractivity contribution is 6.69. The third-order valence-corrected chi connectivity index (χ3v) is 2.43. The van der Waals surface area contributed by atoms with Crippen molar-refractivity contribution in [2.75, 3.05) is 0 Å². The second-order valence-corrected chi connectivity index (χ2v) is 8.82. The predicted molar refractivity (Wildman–Crippen MR) is 65.6 cm³/mol. The number of nitriles is 1. The van der Waals surface area contributed by atoms with Crippen LogP contribution >= 0.6 is 0 Å². The number of nitrogens with zero attached hydrogens (tertiary/aromatic N) is 3. The van der Waals surface area contributed by atoms with Gasteiger partial charge in [0.15, 0.2) is 0 Å². The minimum Gasteiger partial charge on any atom is -0.455 e. The van der Waals surface area contributed by atoms with Crippen molar-refractivity contribution in [2.24, 2.45) is 5.16 Å². The van der Waals surface area contributed by atoms with E-state index < -0.39 is 8.32 Å². The third-order valence-electron chi connectivity index (χ3n) is 1.79. The molecule has 5 heteroatoms. The van der Waals surface area contributed by atoms with Gasteiger partial charge in [0.2, 0.25) is 0 Å². The van der Waals surface area contributed by atoms with Gasteiger partial charge in [-0.25, -0.2) is 0 Å². The van der Waals surface area contributed by atoms with Crippen LogP contribution in [0.15, 0.2) is 23.6 Å². The summed E-state index contributed by atoms with van der Waals surface area (Å²) in [4.78, 5) is 3.98. The fraction of sp³-hybridized carbons (Fsp3) is 0.364. The Morgan fingerprint density at radius 3 is 2.75 bits per heavy atom. The molecule has 1 aromatic rings. The minimum atomic E-state index is -1.67. The van der Waals surface area contributed by atoms with Crippen molar-refractivity contribution in [3.63, 3.8) is 0 Å². The zero-order valence-corrected chi connectivity index (χ0v) is 11.0. The quantitative estimate of drug-likeness (QED) is 0.458. The van der Waals surface area contributed by atoms with Crippen molar-refractivity contribution >= 4 is 14.0 Å². The van der Waals surface area contributed by atoms with Crippen LogP contribution in [0.2, 0.25) is 19.6 Å². The molecule has 1 aromatic heterocycles. The van der Waals surface area contributed by atoms with E-state index in [4.69, 9.17) is 9.79 Å². The number of pyridine rings is 1. The Labute approximate surface area is 96.7 Å². The van der Waals surface area contributed by atoms with Gasteiger partial charge < -0.3 is 4.53 Å². The summed E-state index contributed by atoms with van der Waals surface area (Å²) in [7, 11) is -1.67. The number of oxime groups is 1. The smallest absolute Gasteiger partial charge is 0.278 e. The minimum absolute atomic E-state index is 0.565. The maximum Gasteiger partial charge on any atom is 0.278 e. The van der Waals surface area contributed by atoms with Crippen molar-refractivity contribution in [3.8, 4) is 6.07 Å². The van der Waals surface area contributed by atoms with E-state index in [2.05, 4.69) is 35.8 Å². The van der Waals surface area contributed by atoms with Gasteiger partial charge in [-0.1, -0.05) is 0 Å². The average molecular weight is 233 g/mol. The maximum atomic E-state index is 8.93. The van der Waals surface area contributed by atoms with Crippen LogP contribution in [0.1, 0.15) is 18.1 Å². The Morgan fingerprint density at radius 1 is 1.50 bits per heavy atom. The van der Waals surface area contributed by atoms with E-state index in [1.807, 2.05) is 6.92 Å². The molecule has 16 heavy (non-hydrogen) atoms. The number of hydrogen-bond donors (Lipinski definition) is 0. The lowest BCUT2D eigenvalue weighted by Gasteiger charge is -2.13. The molecule has 0 N–H and O–H groups in total. The second kappa shape index (κ2) is 4.90. The lowest BCUT2D eigenvalue weighted by molar-refractivity contribution is 0.335. The van der Waals surface area contributed by atoms with E-state index >= 15 is 0 Å². The Balaban J connectivity index is 2.97. The van der Waals surface area contributed by atoms with Crippen LogP contribution in [-0.2, 0) is 4.53 Å². The molecule has 1 heterocycles. The third kappa shape index (κ3) is 3.48. The van der Waals surface area contributed by atoms with Crippen LogP contribution in [-0.4, -0.2) is 19.0 Å². The van der Waals surface area contributed by atoms with E-state index in [-0.39, 0.29) is 0 Å². The van der Waals surface area contributed by atoms with Gasteiger partial charge in [0.25, 0.3) is 8.32 Å². The molecule has 0 fully saturated rings. The first kappa shape index (κ1) is 12.4. The molecular formula is C11H15N3OSi. The topological polar surface area (TPSA) is 58.3 Å². The normalized spacial score (nSPS) is 12.1. The van der Waals surface area contributed by atoms with Crippen LogP contribution in [0.3, 0.4) is 0 Å². The average Bonchev–Trinajstić information content (AvgIpc) is 2.25. The molecule has 0 bridgehead atoms. The zero-order valence-electron chi connectivity index (χ0n) is 9.98. The van der Waals surface area contributed by atoms with Gasteiger partial charge in [0.05, 0.1) is 17.3 Å². The lowest BCUT2D eigenvalue weighted by Crippen LogP contribution is -2.23. The summed E-state index contributed by atoms with van der Waals surface area (Å²) in [5.41, 5.74) is 1.98. The van der Waals surface area contributed by atoms with E-state index in [9.17, 15) is 0 Å². The van der Waals surface area contributed by atoms with Gasteiger partial charge in [-0.15, -0.1) is 5.16 Å². The van der Waals surface area contributed by atoms with Crippen molar-refractivity contribution in [1.82, 2.24) is 4.98 Å². The highest BCUT2D eigenvalue weighted by Gasteiger charge is 2.16. The van der Waals surface area contributed by atoms with Gasteiger partial charge in [-0.2, -0.15) is 5.26 Å².